The molecule has 0 saturated carbocycles. The van der Waals surface area contributed by atoms with Crippen molar-refractivity contribution in [2.24, 2.45) is 0 Å². The van der Waals surface area contributed by atoms with Gasteiger partial charge in [-0.3, -0.25) is 4.79 Å². The highest BCUT2D eigenvalue weighted by Gasteiger charge is 2.22. The number of aliphatic hydroxyl groups excluding tert-OH is 2. The molecule has 2 aromatic rings. The fraction of sp³-hybridized carbons (Fsp3) is 0.333. The Bertz CT molecular complexity index is 554. The number of carbonyl (C=O) groups excluding carboxylic acids is 1. The molecule has 0 amide bonds. The van der Waals surface area contributed by atoms with Gasteiger partial charge < -0.3 is 14.9 Å². The normalized spacial score (nSPS) is 14.4. The maximum absolute atomic E-state index is 11.0. The van der Waals surface area contributed by atoms with Gasteiger partial charge in [0, 0.05) is 0 Å². The third-order valence-corrected chi connectivity index (χ3v) is 3.46. The van der Waals surface area contributed by atoms with E-state index in [1.807, 2.05) is 0 Å². The van der Waals surface area contributed by atoms with Crippen LogP contribution in [0.1, 0.15) is 18.1 Å². The van der Waals surface area contributed by atoms with Crippen LogP contribution >= 0.6 is 11.3 Å². The van der Waals surface area contributed by atoms with Gasteiger partial charge in [0.1, 0.15) is 6.10 Å². The molecular weight excluding hydrogens is 254 g/mol. The number of fused-ring (bicyclic) bond motifs is 1. The first-order valence-corrected chi connectivity index (χ1v) is 6.26. The SMILES string of the molecule is COC(=O)CC(O)C(O)c1ccc2ncsc2c1. The van der Waals surface area contributed by atoms with E-state index in [9.17, 15) is 15.0 Å². The number of esters is 1. The zero-order valence-electron chi connectivity index (χ0n) is 9.74. The molecular formula is C12H13NO4S. The second-order valence-corrected chi connectivity index (χ2v) is 4.76. The Kier molecular flexibility index (Phi) is 3.90. The highest BCUT2D eigenvalue weighted by atomic mass is 32.1. The molecule has 0 spiro atoms. The van der Waals surface area contributed by atoms with Gasteiger partial charge in [-0.15, -0.1) is 11.3 Å². The lowest BCUT2D eigenvalue weighted by atomic mass is 10.0. The first-order valence-electron chi connectivity index (χ1n) is 5.38. The van der Waals surface area contributed by atoms with E-state index in [4.69, 9.17) is 0 Å². The molecule has 6 heteroatoms. The maximum Gasteiger partial charge on any atom is 0.308 e. The molecule has 2 atom stereocenters. The second kappa shape index (κ2) is 5.43. The van der Waals surface area contributed by atoms with Crippen LogP contribution in [0.5, 0.6) is 0 Å². The van der Waals surface area contributed by atoms with Crippen molar-refractivity contribution in [3.05, 3.63) is 29.3 Å². The third kappa shape index (κ3) is 2.66. The smallest absolute Gasteiger partial charge is 0.308 e. The van der Waals surface area contributed by atoms with Crippen molar-refractivity contribution in [2.45, 2.75) is 18.6 Å². The van der Waals surface area contributed by atoms with E-state index >= 15 is 0 Å². The fourth-order valence-corrected chi connectivity index (χ4v) is 2.37. The van der Waals surface area contributed by atoms with Gasteiger partial charge in [0.2, 0.25) is 0 Å². The average Bonchev–Trinajstić information content (AvgIpc) is 2.84. The van der Waals surface area contributed by atoms with Gasteiger partial charge >= 0.3 is 5.97 Å². The number of aliphatic hydroxyl groups is 2. The molecule has 5 nitrogen and oxygen atoms in total. The zero-order chi connectivity index (χ0) is 13.1. The molecule has 0 saturated heterocycles. The standard InChI is InChI=1S/C12H13NO4S/c1-17-11(15)5-9(14)12(16)7-2-3-8-10(4-7)18-6-13-8/h2-4,6,9,12,14,16H,5H2,1H3. The number of aromatic nitrogens is 1. The summed E-state index contributed by atoms with van der Waals surface area (Å²) in [5.74, 6) is -0.555. The minimum atomic E-state index is -1.18. The van der Waals surface area contributed by atoms with Crippen LogP contribution in [-0.2, 0) is 9.53 Å². The lowest BCUT2D eigenvalue weighted by molar-refractivity contribution is -0.144. The molecule has 0 aliphatic heterocycles. The van der Waals surface area contributed by atoms with Gasteiger partial charge in [0.05, 0.1) is 35.4 Å². The number of carbonyl (C=O) groups is 1. The third-order valence-electron chi connectivity index (χ3n) is 2.66. The molecule has 0 bridgehead atoms. The van der Waals surface area contributed by atoms with Crippen LogP contribution in [0.4, 0.5) is 0 Å². The van der Waals surface area contributed by atoms with E-state index in [-0.39, 0.29) is 6.42 Å². The molecule has 18 heavy (non-hydrogen) atoms. The first kappa shape index (κ1) is 12.9. The Labute approximate surface area is 108 Å². The van der Waals surface area contributed by atoms with Crippen molar-refractivity contribution < 1.29 is 19.7 Å². The summed E-state index contributed by atoms with van der Waals surface area (Å²) < 4.78 is 5.37. The summed E-state index contributed by atoms with van der Waals surface area (Å²) in [7, 11) is 1.24. The topological polar surface area (TPSA) is 79.7 Å². The molecule has 1 aromatic carbocycles. The summed E-state index contributed by atoms with van der Waals surface area (Å²) in [5.41, 5.74) is 3.12. The second-order valence-electron chi connectivity index (χ2n) is 3.87. The van der Waals surface area contributed by atoms with Crippen LogP contribution in [0.3, 0.4) is 0 Å². The number of thiazole rings is 1. The number of hydrogen-bond acceptors (Lipinski definition) is 6. The van der Waals surface area contributed by atoms with Crippen LogP contribution in [0.2, 0.25) is 0 Å². The predicted molar refractivity (Wildman–Crippen MR) is 67.2 cm³/mol. The van der Waals surface area contributed by atoms with E-state index < -0.39 is 18.2 Å². The molecule has 2 rings (SSSR count). The van der Waals surface area contributed by atoms with Crippen LogP contribution in [-0.4, -0.2) is 34.4 Å². The lowest BCUT2D eigenvalue weighted by Crippen LogP contribution is -2.22. The van der Waals surface area contributed by atoms with E-state index in [0.29, 0.717) is 5.56 Å². The van der Waals surface area contributed by atoms with E-state index in [0.717, 1.165) is 10.2 Å². The van der Waals surface area contributed by atoms with Crippen molar-refractivity contribution in [2.75, 3.05) is 7.11 Å². The molecule has 96 valence electrons. The zero-order valence-corrected chi connectivity index (χ0v) is 10.6. The summed E-state index contributed by atoms with van der Waals surface area (Å²) in [5, 5.41) is 19.7. The van der Waals surface area contributed by atoms with Crippen molar-refractivity contribution >= 4 is 27.5 Å². The van der Waals surface area contributed by atoms with Gasteiger partial charge in [0.15, 0.2) is 0 Å². The van der Waals surface area contributed by atoms with Crippen molar-refractivity contribution in [3.63, 3.8) is 0 Å². The average molecular weight is 267 g/mol. The predicted octanol–water partition coefficient (Wildman–Crippen LogP) is 1.25. The van der Waals surface area contributed by atoms with Crippen LogP contribution < -0.4 is 0 Å². The van der Waals surface area contributed by atoms with E-state index in [1.165, 1.54) is 18.4 Å². The summed E-state index contributed by atoms with van der Waals surface area (Å²) in [6.07, 6.45) is -2.53. The van der Waals surface area contributed by atoms with Gasteiger partial charge in [-0.2, -0.15) is 0 Å². The molecule has 0 aliphatic rings. The summed E-state index contributed by atoms with van der Waals surface area (Å²) >= 11 is 1.45. The van der Waals surface area contributed by atoms with Crippen LogP contribution in [0.25, 0.3) is 10.2 Å². The lowest BCUT2D eigenvalue weighted by Gasteiger charge is -2.17. The van der Waals surface area contributed by atoms with Gasteiger partial charge in [-0.1, -0.05) is 6.07 Å². The molecule has 0 radical (unpaired) electrons. The van der Waals surface area contributed by atoms with Gasteiger partial charge in [0.25, 0.3) is 0 Å². The Balaban J connectivity index is 2.16. The Hall–Kier alpha value is -1.50. The number of rotatable bonds is 4. The monoisotopic (exact) mass is 267 g/mol. The van der Waals surface area contributed by atoms with Gasteiger partial charge in [-0.05, 0) is 17.7 Å². The molecule has 1 aromatic heterocycles. The quantitative estimate of drug-likeness (QED) is 0.815. The van der Waals surface area contributed by atoms with Crippen LogP contribution in [0.15, 0.2) is 23.7 Å². The molecule has 0 fully saturated rings. The molecule has 2 unspecified atom stereocenters. The molecule has 0 aliphatic carbocycles. The van der Waals surface area contributed by atoms with Gasteiger partial charge in [-0.25, -0.2) is 4.98 Å². The minimum Gasteiger partial charge on any atom is -0.469 e. The Morgan fingerprint density at radius 3 is 3.00 bits per heavy atom. The maximum atomic E-state index is 11.0. The molecule has 1 heterocycles. The number of benzene rings is 1. The van der Waals surface area contributed by atoms with Crippen molar-refractivity contribution in [1.82, 2.24) is 4.98 Å². The summed E-state index contributed by atoms with van der Waals surface area (Å²) in [6.45, 7) is 0. The van der Waals surface area contributed by atoms with E-state index in [2.05, 4.69) is 9.72 Å². The number of nitrogens with zero attached hydrogens (tertiary/aromatic N) is 1. The molecule has 2 N–H and O–H groups in total. The highest BCUT2D eigenvalue weighted by molar-refractivity contribution is 7.16. The highest BCUT2D eigenvalue weighted by Crippen LogP contribution is 2.25. The minimum absolute atomic E-state index is 0.238. The number of methoxy groups -OCH3 is 1. The summed E-state index contributed by atoms with van der Waals surface area (Å²) in [6, 6.07) is 5.22. The van der Waals surface area contributed by atoms with Crippen molar-refractivity contribution in [1.29, 1.82) is 0 Å². The first-order chi connectivity index (χ1) is 8.61. The van der Waals surface area contributed by atoms with E-state index in [1.54, 1.807) is 23.7 Å². The van der Waals surface area contributed by atoms with Crippen LogP contribution in [0, 0.1) is 0 Å². The Morgan fingerprint density at radius 2 is 2.28 bits per heavy atom. The fourth-order valence-electron chi connectivity index (χ4n) is 1.64. The summed E-state index contributed by atoms with van der Waals surface area (Å²) in [4.78, 5) is 15.2. The Morgan fingerprint density at radius 1 is 1.50 bits per heavy atom. The number of hydrogen-bond donors (Lipinski definition) is 2. The largest absolute Gasteiger partial charge is 0.469 e. The number of ether oxygens (including phenoxy) is 1. The van der Waals surface area contributed by atoms with Crippen molar-refractivity contribution in [3.8, 4) is 0 Å².